The first-order valence-corrected chi connectivity index (χ1v) is 10.6. The highest BCUT2D eigenvalue weighted by molar-refractivity contribution is 7.90. The maximum Gasteiger partial charge on any atom is 0.264 e. The predicted molar refractivity (Wildman–Crippen MR) is 103 cm³/mol. The van der Waals surface area contributed by atoms with Crippen LogP contribution >= 0.6 is 11.3 Å². The van der Waals surface area contributed by atoms with Gasteiger partial charge in [-0.3, -0.25) is 4.79 Å². The zero-order chi connectivity index (χ0) is 20.3. The predicted octanol–water partition coefficient (Wildman–Crippen LogP) is 4.10. The highest BCUT2D eigenvalue weighted by Crippen LogP contribution is 2.25. The summed E-state index contributed by atoms with van der Waals surface area (Å²) in [5, 5.41) is 2.54. The molecule has 28 heavy (non-hydrogen) atoms. The summed E-state index contributed by atoms with van der Waals surface area (Å²) in [4.78, 5) is 16.4. The quantitative estimate of drug-likeness (QED) is 0.649. The average molecular weight is 422 g/mol. The van der Waals surface area contributed by atoms with E-state index in [1.807, 2.05) is 17.0 Å². The Kier molecular flexibility index (Phi) is 5.85. The number of sulfonamides is 1. The van der Waals surface area contributed by atoms with E-state index in [1.165, 1.54) is 47.7 Å². The second-order valence-corrected chi connectivity index (χ2v) is 8.61. The molecule has 1 heterocycles. The van der Waals surface area contributed by atoms with E-state index < -0.39 is 22.4 Å². The molecule has 1 N–H and O–H groups in total. The van der Waals surface area contributed by atoms with Gasteiger partial charge in [0, 0.05) is 22.2 Å². The van der Waals surface area contributed by atoms with E-state index in [0.717, 1.165) is 5.69 Å². The van der Waals surface area contributed by atoms with E-state index in [9.17, 15) is 22.0 Å². The van der Waals surface area contributed by atoms with Crippen molar-refractivity contribution in [3.05, 3.63) is 70.7 Å². The first-order valence-electron chi connectivity index (χ1n) is 8.20. The molecule has 0 bridgehead atoms. The van der Waals surface area contributed by atoms with Crippen LogP contribution in [0.15, 0.2) is 58.8 Å². The number of nitrogens with zero attached hydrogens (tertiary/aromatic N) is 1. The summed E-state index contributed by atoms with van der Waals surface area (Å²) in [5.74, 6) is -0.750. The van der Waals surface area contributed by atoms with Gasteiger partial charge in [0.25, 0.3) is 16.4 Å². The molecule has 9 heteroatoms. The minimum Gasteiger partial charge on any atom is -0.274 e. The molecule has 0 fully saturated rings. The molecule has 0 aliphatic heterocycles. The molecule has 0 atom stereocenters. The molecule has 2 aromatic carbocycles. The summed E-state index contributed by atoms with van der Waals surface area (Å²) in [6.07, 6.45) is -2.84. The second kappa shape index (κ2) is 8.15. The summed E-state index contributed by atoms with van der Waals surface area (Å²) >= 11 is 1.39. The van der Waals surface area contributed by atoms with Gasteiger partial charge in [-0.15, -0.1) is 11.3 Å². The number of halogens is 2. The lowest BCUT2D eigenvalue weighted by Gasteiger charge is -2.08. The lowest BCUT2D eigenvalue weighted by Crippen LogP contribution is -2.31. The normalized spacial score (nSPS) is 11.6. The van der Waals surface area contributed by atoms with Crippen molar-refractivity contribution in [2.45, 2.75) is 24.7 Å². The van der Waals surface area contributed by atoms with Crippen LogP contribution in [0.25, 0.3) is 10.6 Å². The van der Waals surface area contributed by atoms with Crippen molar-refractivity contribution in [3.63, 3.8) is 0 Å². The Hall–Kier alpha value is -2.65. The van der Waals surface area contributed by atoms with Gasteiger partial charge in [-0.1, -0.05) is 36.4 Å². The lowest BCUT2D eigenvalue weighted by atomic mass is 10.1. The molecule has 5 nitrogen and oxygen atoms in total. The number of benzene rings is 2. The molecular formula is C19H16F2N2O3S2. The van der Waals surface area contributed by atoms with Crippen molar-refractivity contribution in [1.82, 2.24) is 9.71 Å². The first kappa shape index (κ1) is 20.1. The highest BCUT2D eigenvalue weighted by Gasteiger charge is 2.19. The van der Waals surface area contributed by atoms with Crippen molar-refractivity contribution in [2.24, 2.45) is 0 Å². The van der Waals surface area contributed by atoms with E-state index in [-0.39, 0.29) is 16.9 Å². The van der Waals surface area contributed by atoms with Gasteiger partial charge >= 0.3 is 0 Å². The molecule has 0 spiro atoms. The van der Waals surface area contributed by atoms with Crippen LogP contribution in [0.3, 0.4) is 0 Å². The van der Waals surface area contributed by atoms with Gasteiger partial charge in [-0.05, 0) is 24.6 Å². The fourth-order valence-corrected chi connectivity index (χ4v) is 4.32. The number of hydrogen-bond acceptors (Lipinski definition) is 5. The number of aromatic nitrogens is 1. The molecule has 146 valence electrons. The summed E-state index contributed by atoms with van der Waals surface area (Å²) in [7, 11) is -4.07. The fraction of sp³-hybridized carbons (Fsp3) is 0.158. The van der Waals surface area contributed by atoms with E-state index >= 15 is 0 Å². The molecule has 3 aromatic rings. The molecular weight excluding hydrogens is 406 g/mol. The molecule has 0 unspecified atom stereocenters. The Balaban J connectivity index is 1.73. The van der Waals surface area contributed by atoms with Gasteiger partial charge in [-0.25, -0.2) is 26.9 Å². The molecule has 0 saturated heterocycles. The van der Waals surface area contributed by atoms with E-state index in [2.05, 4.69) is 4.98 Å². The topological polar surface area (TPSA) is 76.1 Å². The van der Waals surface area contributed by atoms with Crippen LogP contribution in [0.1, 0.15) is 23.2 Å². The molecule has 0 radical (unpaired) electrons. The summed E-state index contributed by atoms with van der Waals surface area (Å²) < 4.78 is 52.2. The minimum absolute atomic E-state index is 0.0562. The van der Waals surface area contributed by atoms with Crippen LogP contribution < -0.4 is 4.72 Å². The monoisotopic (exact) mass is 422 g/mol. The number of carbonyl (C=O) groups excluding carboxylic acids is 1. The zero-order valence-electron chi connectivity index (χ0n) is 14.7. The Morgan fingerprint density at radius 1 is 1.18 bits per heavy atom. The standard InChI is InChI=1S/C19H16F2N2O3S2/c1-12-11-27-19(22-12)15-3-2-4-16(10-15)28(25,26)23-17(24)9-13-5-7-14(8-6-13)18(20)21/h2-8,10-11,18H,9H2,1H3,(H,23,24). The summed E-state index contributed by atoms with van der Waals surface area (Å²) in [5.41, 5.74) is 1.74. The van der Waals surface area contributed by atoms with Crippen LogP contribution in [-0.2, 0) is 21.2 Å². The number of rotatable bonds is 6. The Morgan fingerprint density at radius 2 is 1.89 bits per heavy atom. The molecule has 0 aliphatic carbocycles. The third-order valence-corrected chi connectivity index (χ3v) is 6.24. The Labute approximate surface area is 165 Å². The fourth-order valence-electron chi connectivity index (χ4n) is 2.49. The van der Waals surface area contributed by atoms with Gasteiger partial charge in [0.05, 0.1) is 11.3 Å². The van der Waals surface area contributed by atoms with Crippen LogP contribution in [0.4, 0.5) is 8.78 Å². The van der Waals surface area contributed by atoms with E-state index in [1.54, 1.807) is 12.1 Å². The maximum atomic E-state index is 12.6. The van der Waals surface area contributed by atoms with Gasteiger partial charge < -0.3 is 0 Å². The number of aryl methyl sites for hydroxylation is 1. The zero-order valence-corrected chi connectivity index (χ0v) is 16.4. The number of alkyl halides is 2. The number of carbonyl (C=O) groups is 1. The van der Waals surface area contributed by atoms with E-state index in [4.69, 9.17) is 0 Å². The van der Waals surface area contributed by atoms with Crippen molar-refractivity contribution in [1.29, 1.82) is 0 Å². The number of nitrogens with one attached hydrogen (secondary N) is 1. The van der Waals surface area contributed by atoms with Gasteiger partial charge in [0.1, 0.15) is 5.01 Å². The molecule has 0 aliphatic rings. The van der Waals surface area contributed by atoms with Crippen LogP contribution in [0, 0.1) is 6.92 Å². The first-order chi connectivity index (χ1) is 13.2. The average Bonchev–Trinajstić information content (AvgIpc) is 3.08. The third kappa shape index (κ3) is 4.79. The molecule has 1 amide bonds. The molecule has 1 aromatic heterocycles. The SMILES string of the molecule is Cc1csc(-c2cccc(S(=O)(=O)NC(=O)Cc3ccc(C(F)F)cc3)c2)n1. The van der Waals surface area contributed by atoms with Gasteiger partial charge in [-0.2, -0.15) is 0 Å². The van der Waals surface area contributed by atoms with Crippen molar-refractivity contribution in [2.75, 3.05) is 0 Å². The van der Waals surface area contributed by atoms with Gasteiger partial charge in [0.15, 0.2) is 0 Å². The summed E-state index contributed by atoms with van der Waals surface area (Å²) in [6.45, 7) is 1.84. The van der Waals surface area contributed by atoms with E-state index in [0.29, 0.717) is 16.1 Å². The molecule has 0 saturated carbocycles. The Morgan fingerprint density at radius 3 is 2.50 bits per heavy atom. The minimum atomic E-state index is -4.07. The smallest absolute Gasteiger partial charge is 0.264 e. The van der Waals surface area contributed by atoms with Crippen molar-refractivity contribution >= 4 is 27.3 Å². The van der Waals surface area contributed by atoms with Gasteiger partial charge in [0.2, 0.25) is 5.91 Å². The second-order valence-electron chi connectivity index (χ2n) is 6.07. The number of amides is 1. The van der Waals surface area contributed by atoms with Crippen molar-refractivity contribution in [3.8, 4) is 10.6 Å². The lowest BCUT2D eigenvalue weighted by molar-refractivity contribution is -0.118. The largest absolute Gasteiger partial charge is 0.274 e. The van der Waals surface area contributed by atoms with Crippen molar-refractivity contribution < 1.29 is 22.0 Å². The van der Waals surface area contributed by atoms with Crippen LogP contribution in [-0.4, -0.2) is 19.3 Å². The highest BCUT2D eigenvalue weighted by atomic mass is 32.2. The van der Waals surface area contributed by atoms with Crippen LogP contribution in [0.2, 0.25) is 0 Å². The maximum absolute atomic E-state index is 12.6. The summed E-state index contributed by atoms with van der Waals surface area (Å²) in [6, 6.07) is 11.3. The van der Waals surface area contributed by atoms with Crippen LogP contribution in [0.5, 0.6) is 0 Å². The Bertz CT molecular complexity index is 1090. The number of thiazole rings is 1. The third-order valence-electron chi connectivity index (χ3n) is 3.85. The number of hydrogen-bond donors (Lipinski definition) is 1. The molecule has 3 rings (SSSR count).